The molecule has 0 aliphatic rings. The molecular formula is C20H28IN3O2. The second-order valence-electron chi connectivity index (χ2n) is 5.60. The fourth-order valence-corrected chi connectivity index (χ4v) is 2.20. The highest BCUT2D eigenvalue weighted by molar-refractivity contribution is 14.0. The largest absolute Gasteiger partial charge is 0.489 e. The summed E-state index contributed by atoms with van der Waals surface area (Å²) in [5.41, 5.74) is 8.09. The van der Waals surface area contributed by atoms with Gasteiger partial charge in [0.05, 0.1) is 6.54 Å². The van der Waals surface area contributed by atoms with Crippen LogP contribution in [0, 0.1) is 0 Å². The van der Waals surface area contributed by atoms with Crippen molar-refractivity contribution in [3.63, 3.8) is 0 Å². The number of guanidine groups is 1. The van der Waals surface area contributed by atoms with E-state index >= 15 is 0 Å². The van der Waals surface area contributed by atoms with Crippen LogP contribution >= 0.6 is 24.0 Å². The third kappa shape index (κ3) is 9.05. The first kappa shape index (κ1) is 22.2. The van der Waals surface area contributed by atoms with Crippen LogP contribution in [0.2, 0.25) is 0 Å². The lowest BCUT2D eigenvalue weighted by Crippen LogP contribution is -2.32. The van der Waals surface area contributed by atoms with Gasteiger partial charge in [0.1, 0.15) is 12.4 Å². The van der Waals surface area contributed by atoms with E-state index in [0.717, 1.165) is 43.1 Å². The lowest BCUT2D eigenvalue weighted by atomic mass is 10.2. The Bertz CT molecular complexity index is 633. The minimum absolute atomic E-state index is 0. The highest BCUT2D eigenvalue weighted by Crippen LogP contribution is 2.14. The monoisotopic (exact) mass is 469 g/mol. The van der Waals surface area contributed by atoms with Crippen molar-refractivity contribution in [3.8, 4) is 5.75 Å². The summed E-state index contributed by atoms with van der Waals surface area (Å²) in [5.74, 6) is 1.31. The van der Waals surface area contributed by atoms with Gasteiger partial charge >= 0.3 is 0 Å². The van der Waals surface area contributed by atoms with E-state index in [9.17, 15) is 0 Å². The molecule has 0 bridgehead atoms. The van der Waals surface area contributed by atoms with Crippen molar-refractivity contribution in [2.75, 3.05) is 19.8 Å². The first-order valence-electron chi connectivity index (χ1n) is 8.65. The highest BCUT2D eigenvalue weighted by atomic mass is 127. The van der Waals surface area contributed by atoms with Crippen molar-refractivity contribution >= 4 is 29.9 Å². The molecule has 0 aliphatic heterocycles. The summed E-state index contributed by atoms with van der Waals surface area (Å²) in [6.07, 6.45) is 0.914. The van der Waals surface area contributed by atoms with Gasteiger partial charge in [0.2, 0.25) is 0 Å². The summed E-state index contributed by atoms with van der Waals surface area (Å²) in [5, 5.41) is 3.08. The van der Waals surface area contributed by atoms with Crippen LogP contribution < -0.4 is 15.8 Å². The Kier molecular flexibility index (Phi) is 11.5. The van der Waals surface area contributed by atoms with E-state index in [1.807, 2.05) is 61.5 Å². The van der Waals surface area contributed by atoms with Gasteiger partial charge in [0, 0.05) is 19.8 Å². The van der Waals surface area contributed by atoms with Crippen LogP contribution in [0.1, 0.15) is 24.5 Å². The molecule has 0 saturated heterocycles. The van der Waals surface area contributed by atoms with Gasteiger partial charge in [-0.25, -0.2) is 4.99 Å². The molecular weight excluding hydrogens is 441 g/mol. The number of hydrogen-bond acceptors (Lipinski definition) is 3. The number of hydrogen-bond donors (Lipinski definition) is 2. The molecule has 2 aromatic rings. The number of ether oxygens (including phenoxy) is 2. The van der Waals surface area contributed by atoms with Gasteiger partial charge in [-0.2, -0.15) is 0 Å². The average Bonchev–Trinajstić information content (AvgIpc) is 2.66. The molecule has 0 aliphatic carbocycles. The van der Waals surface area contributed by atoms with E-state index < -0.39 is 0 Å². The highest BCUT2D eigenvalue weighted by Gasteiger charge is 1.98. The van der Waals surface area contributed by atoms with E-state index in [0.29, 0.717) is 19.1 Å². The zero-order valence-corrected chi connectivity index (χ0v) is 17.5. The summed E-state index contributed by atoms with van der Waals surface area (Å²) in [6, 6.07) is 18.0. The average molecular weight is 469 g/mol. The fraction of sp³-hybridized carbons (Fsp3) is 0.350. The maximum Gasteiger partial charge on any atom is 0.188 e. The van der Waals surface area contributed by atoms with Crippen LogP contribution in [-0.2, 0) is 17.9 Å². The molecule has 0 spiro atoms. The number of rotatable bonds is 10. The van der Waals surface area contributed by atoms with Crippen molar-refractivity contribution in [1.82, 2.24) is 5.32 Å². The molecule has 6 heteroatoms. The Hall–Kier alpha value is -1.80. The molecule has 0 heterocycles. The molecule has 2 rings (SSSR count). The number of aliphatic imine (C=N–C) groups is 1. The number of nitrogens with zero attached hydrogens (tertiary/aromatic N) is 1. The summed E-state index contributed by atoms with van der Waals surface area (Å²) in [7, 11) is 0. The predicted octanol–water partition coefficient (Wildman–Crippen LogP) is 3.71. The number of nitrogens with one attached hydrogen (secondary N) is 1. The van der Waals surface area contributed by atoms with E-state index in [2.05, 4.69) is 10.3 Å². The molecule has 0 radical (unpaired) electrons. The number of nitrogens with two attached hydrogens (primary N) is 1. The zero-order chi connectivity index (χ0) is 17.7. The topological polar surface area (TPSA) is 68.9 Å². The van der Waals surface area contributed by atoms with Crippen LogP contribution in [0.15, 0.2) is 59.6 Å². The molecule has 142 valence electrons. The number of benzene rings is 2. The smallest absolute Gasteiger partial charge is 0.188 e. The van der Waals surface area contributed by atoms with Gasteiger partial charge in [-0.15, -0.1) is 24.0 Å². The molecule has 0 amide bonds. The Balaban J connectivity index is 0.00000338. The summed E-state index contributed by atoms with van der Waals surface area (Å²) < 4.78 is 11.0. The quantitative estimate of drug-likeness (QED) is 0.241. The van der Waals surface area contributed by atoms with E-state index in [1.165, 1.54) is 0 Å². The van der Waals surface area contributed by atoms with E-state index in [-0.39, 0.29) is 24.0 Å². The van der Waals surface area contributed by atoms with Crippen LogP contribution in [-0.4, -0.2) is 25.7 Å². The van der Waals surface area contributed by atoms with Crippen LogP contribution in [0.3, 0.4) is 0 Å². The first-order chi connectivity index (χ1) is 12.3. The van der Waals surface area contributed by atoms with Crippen molar-refractivity contribution in [2.45, 2.75) is 26.5 Å². The van der Waals surface area contributed by atoms with E-state index in [1.54, 1.807) is 0 Å². The van der Waals surface area contributed by atoms with Gasteiger partial charge in [-0.05, 0) is 36.6 Å². The van der Waals surface area contributed by atoms with Crippen molar-refractivity contribution in [2.24, 2.45) is 10.7 Å². The second-order valence-corrected chi connectivity index (χ2v) is 5.60. The van der Waals surface area contributed by atoms with E-state index in [4.69, 9.17) is 15.2 Å². The van der Waals surface area contributed by atoms with Gasteiger partial charge < -0.3 is 20.5 Å². The van der Waals surface area contributed by atoms with Crippen LogP contribution in [0.25, 0.3) is 0 Å². The van der Waals surface area contributed by atoms with Gasteiger partial charge in [0.25, 0.3) is 0 Å². The van der Waals surface area contributed by atoms with Gasteiger partial charge in [-0.3, -0.25) is 0 Å². The fourth-order valence-electron chi connectivity index (χ4n) is 2.20. The predicted molar refractivity (Wildman–Crippen MR) is 117 cm³/mol. The van der Waals surface area contributed by atoms with Gasteiger partial charge in [-0.1, -0.05) is 42.5 Å². The van der Waals surface area contributed by atoms with Crippen LogP contribution in [0.5, 0.6) is 5.75 Å². The van der Waals surface area contributed by atoms with Crippen molar-refractivity contribution < 1.29 is 9.47 Å². The molecule has 3 N–H and O–H groups in total. The molecule has 0 unspecified atom stereocenters. The third-order valence-electron chi connectivity index (χ3n) is 3.58. The van der Waals surface area contributed by atoms with Crippen molar-refractivity contribution in [3.05, 3.63) is 65.7 Å². The lowest BCUT2D eigenvalue weighted by Gasteiger charge is -2.07. The Morgan fingerprint density at radius 1 is 1.04 bits per heavy atom. The van der Waals surface area contributed by atoms with Gasteiger partial charge in [0.15, 0.2) is 5.96 Å². The minimum Gasteiger partial charge on any atom is -0.489 e. The Morgan fingerprint density at radius 2 is 1.77 bits per heavy atom. The molecule has 2 aromatic carbocycles. The SMILES string of the molecule is CCOCCCNC(N)=NCc1ccc(OCc2ccccc2)cc1.I. The van der Waals surface area contributed by atoms with Crippen LogP contribution in [0.4, 0.5) is 0 Å². The Labute approximate surface area is 173 Å². The Morgan fingerprint density at radius 3 is 2.46 bits per heavy atom. The lowest BCUT2D eigenvalue weighted by molar-refractivity contribution is 0.145. The molecule has 26 heavy (non-hydrogen) atoms. The molecule has 5 nitrogen and oxygen atoms in total. The zero-order valence-electron chi connectivity index (χ0n) is 15.2. The third-order valence-corrected chi connectivity index (χ3v) is 3.58. The minimum atomic E-state index is 0. The maximum atomic E-state index is 5.85. The second kappa shape index (κ2) is 13.4. The summed E-state index contributed by atoms with van der Waals surface area (Å²) in [6.45, 7) is 5.35. The summed E-state index contributed by atoms with van der Waals surface area (Å²) >= 11 is 0. The normalized spacial score (nSPS) is 10.9. The first-order valence-corrected chi connectivity index (χ1v) is 8.65. The number of halogens is 1. The standard InChI is InChI=1S/C20H27N3O2.HI/c1-2-24-14-6-13-22-20(21)23-15-17-9-11-19(12-10-17)25-16-18-7-4-3-5-8-18;/h3-5,7-12H,2,6,13-16H2,1H3,(H3,21,22,23);1H. The molecule has 0 atom stereocenters. The molecule has 0 fully saturated rings. The molecule has 0 aromatic heterocycles. The molecule has 0 saturated carbocycles. The maximum absolute atomic E-state index is 5.85. The van der Waals surface area contributed by atoms with Crippen molar-refractivity contribution in [1.29, 1.82) is 0 Å². The summed E-state index contributed by atoms with van der Waals surface area (Å²) in [4.78, 5) is 4.34.